The molecule has 2 N–H and O–H groups in total. The van der Waals surface area contributed by atoms with Gasteiger partial charge >= 0.3 is 0 Å². The fraction of sp³-hybridized carbons (Fsp3) is 0.733. The average molecular weight is 276 g/mol. The van der Waals surface area contributed by atoms with Crippen molar-refractivity contribution in [3.63, 3.8) is 0 Å². The Kier molecular flexibility index (Phi) is 3.78. The van der Waals surface area contributed by atoms with Gasteiger partial charge in [-0.1, -0.05) is 0 Å². The topological polar surface area (TPSA) is 61.0 Å². The molecule has 1 amide bonds. The van der Waals surface area contributed by atoms with Crippen molar-refractivity contribution >= 4 is 5.91 Å². The second kappa shape index (κ2) is 5.56. The van der Waals surface area contributed by atoms with Crippen molar-refractivity contribution in [2.75, 3.05) is 19.6 Å². The summed E-state index contributed by atoms with van der Waals surface area (Å²) in [6, 6.07) is 0.464. The van der Waals surface area contributed by atoms with Gasteiger partial charge in [0, 0.05) is 18.3 Å². The molecule has 1 saturated carbocycles. The molecule has 20 heavy (non-hydrogen) atoms. The van der Waals surface area contributed by atoms with Crippen LogP contribution in [0.2, 0.25) is 0 Å². The van der Waals surface area contributed by atoms with Crippen LogP contribution in [0.5, 0.6) is 0 Å². The number of aromatic amines is 1. The molecule has 0 unspecified atom stereocenters. The molecule has 0 bridgehead atoms. The highest BCUT2D eigenvalue weighted by Gasteiger charge is 2.36. The van der Waals surface area contributed by atoms with Gasteiger partial charge in [0.25, 0.3) is 5.91 Å². The summed E-state index contributed by atoms with van der Waals surface area (Å²) in [6.07, 6.45) is 4.68. The highest BCUT2D eigenvalue weighted by molar-refractivity contribution is 5.96. The molecule has 5 nitrogen and oxygen atoms in total. The maximum atomic E-state index is 12.9. The van der Waals surface area contributed by atoms with Gasteiger partial charge in [0.15, 0.2) is 0 Å². The van der Waals surface area contributed by atoms with E-state index in [1.807, 2.05) is 13.8 Å². The lowest BCUT2D eigenvalue weighted by Crippen LogP contribution is -2.41. The second-order valence-corrected chi connectivity index (χ2v) is 6.19. The standard InChI is InChI=1S/C15H24N4O/c1-10-14(11(2)18-17-10)15(20)19(13-3-4-13)9-12-5-7-16-8-6-12/h12-13,16H,3-9H2,1-2H3,(H,17,18). The SMILES string of the molecule is Cc1n[nH]c(C)c1C(=O)N(CC1CCNCC1)C1CC1. The number of amides is 1. The summed E-state index contributed by atoms with van der Waals surface area (Å²) >= 11 is 0. The Morgan fingerprint density at radius 3 is 2.50 bits per heavy atom. The van der Waals surface area contributed by atoms with E-state index in [4.69, 9.17) is 0 Å². The fourth-order valence-corrected chi connectivity index (χ4v) is 3.14. The lowest BCUT2D eigenvalue weighted by Gasteiger charge is -2.30. The van der Waals surface area contributed by atoms with Crippen LogP contribution >= 0.6 is 0 Å². The lowest BCUT2D eigenvalue weighted by atomic mass is 9.97. The normalized spacial score (nSPS) is 20.1. The summed E-state index contributed by atoms with van der Waals surface area (Å²) in [6.45, 7) is 6.92. The Hall–Kier alpha value is -1.36. The third kappa shape index (κ3) is 2.73. The smallest absolute Gasteiger partial charge is 0.257 e. The number of carbonyl (C=O) groups is 1. The molecule has 5 heteroatoms. The minimum atomic E-state index is 0.176. The van der Waals surface area contributed by atoms with E-state index < -0.39 is 0 Å². The number of nitrogens with zero attached hydrogens (tertiary/aromatic N) is 2. The Labute approximate surface area is 120 Å². The Morgan fingerprint density at radius 1 is 1.25 bits per heavy atom. The van der Waals surface area contributed by atoms with E-state index in [1.54, 1.807) is 0 Å². The molecule has 110 valence electrons. The van der Waals surface area contributed by atoms with Gasteiger partial charge in [0.05, 0.1) is 11.3 Å². The summed E-state index contributed by atoms with van der Waals surface area (Å²) in [7, 11) is 0. The van der Waals surface area contributed by atoms with Gasteiger partial charge in [0.1, 0.15) is 0 Å². The molecular formula is C15H24N4O. The first-order valence-electron chi connectivity index (χ1n) is 7.70. The van der Waals surface area contributed by atoms with Crippen LogP contribution in [0.4, 0.5) is 0 Å². The van der Waals surface area contributed by atoms with Crippen LogP contribution in [0.15, 0.2) is 0 Å². The van der Waals surface area contributed by atoms with Gasteiger partial charge in [0.2, 0.25) is 0 Å². The largest absolute Gasteiger partial charge is 0.335 e. The predicted molar refractivity (Wildman–Crippen MR) is 77.7 cm³/mol. The monoisotopic (exact) mass is 276 g/mol. The van der Waals surface area contributed by atoms with E-state index in [9.17, 15) is 4.79 Å². The molecule has 1 saturated heterocycles. The van der Waals surface area contributed by atoms with Gasteiger partial charge in [-0.05, 0) is 58.5 Å². The van der Waals surface area contributed by atoms with Crippen molar-refractivity contribution in [3.8, 4) is 0 Å². The first-order chi connectivity index (χ1) is 9.66. The molecule has 3 rings (SSSR count). The minimum absolute atomic E-state index is 0.176. The second-order valence-electron chi connectivity index (χ2n) is 6.19. The number of hydrogen-bond donors (Lipinski definition) is 2. The van der Waals surface area contributed by atoms with Crippen molar-refractivity contribution in [1.82, 2.24) is 20.4 Å². The third-order valence-electron chi connectivity index (χ3n) is 4.50. The van der Waals surface area contributed by atoms with Crippen LogP contribution in [0.3, 0.4) is 0 Å². The van der Waals surface area contributed by atoms with Gasteiger partial charge in [-0.3, -0.25) is 9.89 Å². The van der Waals surface area contributed by atoms with E-state index >= 15 is 0 Å². The third-order valence-corrected chi connectivity index (χ3v) is 4.50. The Bertz CT molecular complexity index is 467. The number of nitrogens with one attached hydrogen (secondary N) is 2. The van der Waals surface area contributed by atoms with E-state index in [1.165, 1.54) is 12.8 Å². The molecule has 2 aliphatic rings. The quantitative estimate of drug-likeness (QED) is 0.878. The van der Waals surface area contributed by atoms with Crippen molar-refractivity contribution in [3.05, 3.63) is 17.0 Å². The molecule has 1 aromatic rings. The van der Waals surface area contributed by atoms with Gasteiger partial charge in [-0.15, -0.1) is 0 Å². The number of H-pyrrole nitrogens is 1. The van der Waals surface area contributed by atoms with Crippen LogP contribution in [-0.4, -0.2) is 46.7 Å². The molecule has 1 aliphatic heterocycles. The molecule has 2 fully saturated rings. The van der Waals surface area contributed by atoms with Crippen molar-refractivity contribution in [2.24, 2.45) is 5.92 Å². The highest BCUT2D eigenvalue weighted by Crippen LogP contribution is 2.31. The number of aromatic nitrogens is 2. The first-order valence-corrected chi connectivity index (χ1v) is 7.70. The maximum Gasteiger partial charge on any atom is 0.257 e. The van der Waals surface area contributed by atoms with Crippen molar-refractivity contribution in [2.45, 2.75) is 45.6 Å². The van der Waals surface area contributed by atoms with Crippen LogP contribution < -0.4 is 5.32 Å². The molecule has 0 spiro atoms. The number of piperidine rings is 1. The van der Waals surface area contributed by atoms with E-state index in [2.05, 4.69) is 20.4 Å². The van der Waals surface area contributed by atoms with Gasteiger partial charge < -0.3 is 10.2 Å². The summed E-state index contributed by atoms with van der Waals surface area (Å²) < 4.78 is 0. The molecule has 0 radical (unpaired) electrons. The van der Waals surface area contributed by atoms with E-state index in [0.29, 0.717) is 12.0 Å². The average Bonchev–Trinajstić information content (AvgIpc) is 3.23. The molecule has 0 aromatic carbocycles. The summed E-state index contributed by atoms with van der Waals surface area (Å²) in [5, 5.41) is 10.5. The predicted octanol–water partition coefficient (Wildman–Crippen LogP) is 1.63. The number of aryl methyl sites for hydroxylation is 2. The summed E-state index contributed by atoms with van der Waals surface area (Å²) in [5.74, 6) is 0.822. The van der Waals surface area contributed by atoms with Crippen molar-refractivity contribution < 1.29 is 4.79 Å². The van der Waals surface area contributed by atoms with Crippen LogP contribution in [-0.2, 0) is 0 Å². The number of hydrogen-bond acceptors (Lipinski definition) is 3. The van der Waals surface area contributed by atoms with Crippen LogP contribution in [0.25, 0.3) is 0 Å². The molecular weight excluding hydrogens is 252 g/mol. The van der Waals surface area contributed by atoms with Crippen molar-refractivity contribution in [1.29, 1.82) is 0 Å². The highest BCUT2D eigenvalue weighted by atomic mass is 16.2. The van der Waals surface area contributed by atoms with E-state index in [0.717, 1.165) is 49.4 Å². The Balaban J connectivity index is 1.74. The van der Waals surface area contributed by atoms with Gasteiger partial charge in [-0.2, -0.15) is 5.10 Å². The molecule has 0 atom stereocenters. The number of carbonyl (C=O) groups excluding carboxylic acids is 1. The molecule has 1 aromatic heterocycles. The zero-order valence-corrected chi connectivity index (χ0v) is 12.4. The zero-order valence-electron chi connectivity index (χ0n) is 12.4. The fourth-order valence-electron chi connectivity index (χ4n) is 3.14. The molecule has 2 heterocycles. The first kappa shape index (κ1) is 13.6. The Morgan fingerprint density at radius 2 is 1.95 bits per heavy atom. The molecule has 1 aliphatic carbocycles. The summed E-state index contributed by atoms with van der Waals surface area (Å²) in [5.41, 5.74) is 2.50. The number of rotatable bonds is 4. The zero-order chi connectivity index (χ0) is 14.1. The van der Waals surface area contributed by atoms with Gasteiger partial charge in [-0.25, -0.2) is 0 Å². The lowest BCUT2D eigenvalue weighted by molar-refractivity contribution is 0.0700. The maximum absolute atomic E-state index is 12.9. The van der Waals surface area contributed by atoms with Crippen LogP contribution in [0, 0.1) is 19.8 Å². The van der Waals surface area contributed by atoms with E-state index in [-0.39, 0.29) is 5.91 Å². The van der Waals surface area contributed by atoms with Crippen LogP contribution in [0.1, 0.15) is 47.4 Å². The minimum Gasteiger partial charge on any atom is -0.335 e. The summed E-state index contributed by atoms with van der Waals surface area (Å²) in [4.78, 5) is 15.0.